The molecule has 0 bridgehead atoms. The number of anilines is 1. The van der Waals surface area contributed by atoms with Crippen molar-refractivity contribution >= 4 is 62.3 Å². The van der Waals surface area contributed by atoms with Gasteiger partial charge in [0, 0.05) is 30.2 Å². The number of hydrogen-bond donors (Lipinski definition) is 3. The lowest BCUT2D eigenvalue weighted by Crippen LogP contribution is -2.47. The normalized spacial score (nSPS) is 13.5. The second-order valence-corrected chi connectivity index (χ2v) is 8.84. The van der Waals surface area contributed by atoms with Crippen LogP contribution in [0.25, 0.3) is 0 Å². The summed E-state index contributed by atoms with van der Waals surface area (Å²) in [5.74, 6) is -0.198. The maximum Gasteiger partial charge on any atom is 0.423 e. The average molecular weight is 579 g/mol. The fraction of sp³-hybridized carbons (Fsp3) is 0.350. The van der Waals surface area contributed by atoms with Crippen molar-refractivity contribution in [2.24, 2.45) is 0 Å². The van der Waals surface area contributed by atoms with E-state index in [2.05, 4.69) is 26.6 Å². The van der Waals surface area contributed by atoms with Gasteiger partial charge in [0.05, 0.1) is 28.2 Å². The lowest BCUT2D eigenvalue weighted by atomic mass is 9.92. The van der Waals surface area contributed by atoms with Crippen LogP contribution in [-0.4, -0.2) is 37.5 Å². The maximum atomic E-state index is 13.8. The van der Waals surface area contributed by atoms with E-state index in [-0.39, 0.29) is 33.9 Å². The third-order valence-electron chi connectivity index (χ3n) is 4.54. The number of hydrogen-bond acceptors (Lipinski definition) is 4. The van der Waals surface area contributed by atoms with E-state index in [1.54, 1.807) is 6.07 Å². The number of methoxy groups -OCH3 is 1. The fourth-order valence-corrected chi connectivity index (χ4v) is 3.78. The van der Waals surface area contributed by atoms with Crippen LogP contribution in [0.3, 0.4) is 0 Å². The standard InChI is InChI=1S/C20H19BrCl3F3N2O3/c1-32-5-4-17(30)28-9-11-2-3-13(8-14(11)21)29-10-19(31,20(25,26)27)12-6-15(22)18(24)16(23)7-12/h2-3,6-8,29,31H,4-5,9-10H2,1H3,(H,28,30)/t19-/m1/s1. The molecule has 3 N–H and O–H groups in total. The summed E-state index contributed by atoms with van der Waals surface area (Å²) in [7, 11) is 1.49. The van der Waals surface area contributed by atoms with Crippen molar-refractivity contribution in [1.29, 1.82) is 0 Å². The number of halogens is 7. The summed E-state index contributed by atoms with van der Waals surface area (Å²) in [5, 5.41) is 15.3. The summed E-state index contributed by atoms with van der Waals surface area (Å²) in [5.41, 5.74) is -2.82. The smallest absolute Gasteiger partial charge is 0.384 e. The Bertz CT molecular complexity index is 956. The van der Waals surface area contributed by atoms with E-state index in [1.165, 1.54) is 19.2 Å². The monoisotopic (exact) mass is 576 g/mol. The van der Waals surface area contributed by atoms with Gasteiger partial charge < -0.3 is 20.5 Å². The van der Waals surface area contributed by atoms with Crippen LogP contribution in [0.2, 0.25) is 15.1 Å². The van der Waals surface area contributed by atoms with Gasteiger partial charge in [0.1, 0.15) is 0 Å². The van der Waals surface area contributed by atoms with Crippen molar-refractivity contribution in [3.8, 4) is 0 Å². The third-order valence-corrected chi connectivity index (χ3v) is 6.48. The Hall–Kier alpha value is -1.23. The molecule has 1 atom stereocenters. The van der Waals surface area contributed by atoms with Gasteiger partial charge >= 0.3 is 6.18 Å². The number of ether oxygens (including phenoxy) is 1. The van der Waals surface area contributed by atoms with E-state index in [0.717, 1.165) is 12.1 Å². The van der Waals surface area contributed by atoms with Crippen molar-refractivity contribution in [1.82, 2.24) is 5.32 Å². The molecule has 0 heterocycles. The van der Waals surface area contributed by atoms with Crippen LogP contribution in [-0.2, 0) is 21.7 Å². The van der Waals surface area contributed by atoms with Gasteiger partial charge in [0.25, 0.3) is 0 Å². The topological polar surface area (TPSA) is 70.6 Å². The van der Waals surface area contributed by atoms with Crippen LogP contribution in [0.4, 0.5) is 18.9 Å². The van der Waals surface area contributed by atoms with Crippen molar-refractivity contribution in [2.45, 2.75) is 24.7 Å². The highest BCUT2D eigenvalue weighted by atomic mass is 79.9. The first-order valence-electron chi connectivity index (χ1n) is 9.11. The number of alkyl halides is 3. The Morgan fingerprint density at radius 3 is 2.31 bits per heavy atom. The van der Waals surface area contributed by atoms with E-state index in [4.69, 9.17) is 39.5 Å². The number of carbonyl (C=O) groups excluding carboxylic acids is 1. The molecule has 0 fully saturated rings. The highest BCUT2D eigenvalue weighted by molar-refractivity contribution is 9.10. The number of aliphatic hydroxyl groups is 1. The zero-order chi connectivity index (χ0) is 24.1. The van der Waals surface area contributed by atoms with Crippen LogP contribution in [0, 0.1) is 0 Å². The molecule has 2 aromatic carbocycles. The molecule has 0 aliphatic heterocycles. The molecule has 0 aromatic heterocycles. The molecular formula is C20H19BrCl3F3N2O3. The number of rotatable bonds is 9. The molecule has 2 rings (SSSR count). The highest BCUT2D eigenvalue weighted by Crippen LogP contribution is 2.43. The van der Waals surface area contributed by atoms with Crippen LogP contribution in [0.1, 0.15) is 17.5 Å². The molecule has 0 unspecified atom stereocenters. The molecule has 0 radical (unpaired) electrons. The van der Waals surface area contributed by atoms with E-state index in [9.17, 15) is 23.1 Å². The Morgan fingerprint density at radius 1 is 1.16 bits per heavy atom. The third kappa shape index (κ3) is 6.65. The van der Waals surface area contributed by atoms with Gasteiger partial charge in [-0.05, 0) is 35.4 Å². The minimum Gasteiger partial charge on any atom is -0.384 e. The molecule has 0 aliphatic carbocycles. The minimum atomic E-state index is -5.04. The lowest BCUT2D eigenvalue weighted by Gasteiger charge is -2.32. The van der Waals surface area contributed by atoms with E-state index < -0.39 is 23.9 Å². The number of carbonyl (C=O) groups is 1. The molecule has 2 aromatic rings. The largest absolute Gasteiger partial charge is 0.423 e. The summed E-state index contributed by atoms with van der Waals surface area (Å²) in [4.78, 5) is 11.7. The Balaban J connectivity index is 2.17. The molecule has 0 spiro atoms. The summed E-state index contributed by atoms with van der Waals surface area (Å²) < 4.78 is 46.8. The van der Waals surface area contributed by atoms with Gasteiger partial charge in [-0.15, -0.1) is 0 Å². The van der Waals surface area contributed by atoms with Crippen LogP contribution in [0.15, 0.2) is 34.8 Å². The first kappa shape index (κ1) is 27.0. The first-order valence-corrected chi connectivity index (χ1v) is 11.0. The quantitative estimate of drug-likeness (QED) is 0.323. The van der Waals surface area contributed by atoms with Crippen LogP contribution in [0.5, 0.6) is 0 Å². The van der Waals surface area contributed by atoms with E-state index >= 15 is 0 Å². The summed E-state index contributed by atoms with van der Waals surface area (Å²) in [6.45, 7) is -0.399. The average Bonchev–Trinajstić information content (AvgIpc) is 2.72. The predicted molar refractivity (Wildman–Crippen MR) is 122 cm³/mol. The first-order chi connectivity index (χ1) is 14.9. The predicted octanol–water partition coefficient (Wildman–Crippen LogP) is 5.92. The van der Waals surface area contributed by atoms with Crippen molar-refractivity contribution < 1.29 is 27.8 Å². The number of nitrogens with one attached hydrogen (secondary N) is 2. The van der Waals surface area contributed by atoms with Crippen molar-refractivity contribution in [3.63, 3.8) is 0 Å². The van der Waals surface area contributed by atoms with E-state index in [1.807, 2.05) is 0 Å². The fourth-order valence-electron chi connectivity index (χ4n) is 2.67. The molecule has 1 amide bonds. The minimum absolute atomic E-state index is 0.108. The second-order valence-electron chi connectivity index (χ2n) is 6.79. The molecule has 32 heavy (non-hydrogen) atoms. The molecular weight excluding hydrogens is 559 g/mol. The lowest BCUT2D eigenvalue weighted by molar-refractivity contribution is -0.260. The van der Waals surface area contributed by atoms with Crippen molar-refractivity contribution in [3.05, 3.63) is 61.0 Å². The van der Waals surface area contributed by atoms with Gasteiger partial charge in [0.15, 0.2) is 0 Å². The van der Waals surface area contributed by atoms with Gasteiger partial charge in [-0.25, -0.2) is 0 Å². The summed E-state index contributed by atoms with van der Waals surface area (Å²) >= 11 is 20.8. The summed E-state index contributed by atoms with van der Waals surface area (Å²) in [6.07, 6.45) is -4.83. The zero-order valence-corrected chi connectivity index (χ0v) is 20.5. The molecule has 0 saturated heterocycles. The number of benzene rings is 2. The van der Waals surface area contributed by atoms with Gasteiger partial charge in [0.2, 0.25) is 11.5 Å². The van der Waals surface area contributed by atoms with Crippen molar-refractivity contribution in [2.75, 3.05) is 25.6 Å². The SMILES string of the molecule is COCCC(=O)NCc1ccc(NC[C@@](O)(c2cc(Cl)c(Cl)c(Cl)c2)C(F)(F)F)cc1Br. The highest BCUT2D eigenvalue weighted by Gasteiger charge is 2.55. The second kappa shape index (κ2) is 11.3. The Labute approximate surface area is 206 Å². The molecule has 5 nitrogen and oxygen atoms in total. The molecule has 0 aliphatic rings. The van der Waals surface area contributed by atoms with Gasteiger partial charge in [-0.3, -0.25) is 4.79 Å². The maximum absolute atomic E-state index is 13.8. The summed E-state index contributed by atoms with van der Waals surface area (Å²) in [6, 6.07) is 6.55. The Kier molecular flexibility index (Phi) is 9.51. The van der Waals surface area contributed by atoms with Crippen LogP contribution < -0.4 is 10.6 Å². The van der Waals surface area contributed by atoms with Gasteiger partial charge in [-0.1, -0.05) is 56.8 Å². The van der Waals surface area contributed by atoms with Gasteiger partial charge in [-0.2, -0.15) is 13.2 Å². The Morgan fingerprint density at radius 2 is 1.78 bits per heavy atom. The molecule has 176 valence electrons. The number of amides is 1. The zero-order valence-electron chi connectivity index (χ0n) is 16.6. The molecule has 12 heteroatoms. The van der Waals surface area contributed by atoms with E-state index in [0.29, 0.717) is 22.3 Å². The van der Waals surface area contributed by atoms with Crippen LogP contribution >= 0.6 is 50.7 Å². The molecule has 0 saturated carbocycles.